The highest BCUT2D eigenvalue weighted by molar-refractivity contribution is 5.89. The molecule has 3 nitrogen and oxygen atoms in total. The number of hydrogen-bond acceptors (Lipinski definition) is 3. The first-order valence-corrected chi connectivity index (χ1v) is 7.48. The normalized spacial score (nSPS) is 12.2. The average molecular weight is 278 g/mol. The first kappa shape index (κ1) is 16.7. The molecule has 0 amide bonds. The maximum absolute atomic E-state index is 11.9. The molecule has 112 valence electrons. The van der Waals surface area contributed by atoms with Crippen LogP contribution in [0.4, 0.5) is 0 Å². The van der Waals surface area contributed by atoms with E-state index < -0.39 is 5.97 Å². The molecule has 0 aliphatic heterocycles. The lowest BCUT2D eigenvalue weighted by Gasteiger charge is -2.13. The quantitative estimate of drug-likeness (QED) is 0.514. The molecule has 0 fully saturated rings. The second-order valence-electron chi connectivity index (χ2n) is 5.45. The molecule has 0 saturated heterocycles. The zero-order valence-electron chi connectivity index (χ0n) is 13.1. The molecule has 0 spiro atoms. The predicted molar refractivity (Wildman–Crippen MR) is 80.6 cm³/mol. The second kappa shape index (κ2) is 8.75. The van der Waals surface area contributed by atoms with Crippen LogP contribution in [0.1, 0.15) is 61.0 Å². The topological polar surface area (TPSA) is 35.5 Å². The van der Waals surface area contributed by atoms with Crippen molar-refractivity contribution in [3.05, 3.63) is 34.9 Å². The number of aryl methyl sites for hydroxylation is 2. The summed E-state index contributed by atoms with van der Waals surface area (Å²) in [4.78, 5) is 21.9. The maximum Gasteiger partial charge on any atom is 0.373 e. The van der Waals surface area contributed by atoms with Gasteiger partial charge in [0.05, 0.1) is 12.2 Å². The molecule has 20 heavy (non-hydrogen) atoms. The van der Waals surface area contributed by atoms with Crippen molar-refractivity contribution >= 4 is 5.97 Å². The largest absolute Gasteiger partial charge is 0.373 e. The van der Waals surface area contributed by atoms with E-state index in [1.807, 2.05) is 32.0 Å². The van der Waals surface area contributed by atoms with E-state index in [4.69, 9.17) is 9.78 Å². The minimum Gasteiger partial charge on any atom is -0.293 e. The predicted octanol–water partition coefficient (Wildman–Crippen LogP) is 4.61. The van der Waals surface area contributed by atoms with Crippen molar-refractivity contribution in [1.29, 1.82) is 0 Å². The molecule has 1 unspecified atom stereocenters. The van der Waals surface area contributed by atoms with E-state index in [1.165, 1.54) is 12.8 Å². The van der Waals surface area contributed by atoms with E-state index in [2.05, 4.69) is 13.8 Å². The van der Waals surface area contributed by atoms with Crippen LogP contribution in [-0.2, 0) is 9.78 Å². The fourth-order valence-corrected chi connectivity index (χ4v) is 2.22. The van der Waals surface area contributed by atoms with Crippen molar-refractivity contribution in [2.75, 3.05) is 6.61 Å². The number of hydrogen-bond donors (Lipinski definition) is 0. The first-order chi connectivity index (χ1) is 9.56. The Balaban J connectivity index is 2.42. The highest BCUT2D eigenvalue weighted by Crippen LogP contribution is 2.14. The van der Waals surface area contributed by atoms with Gasteiger partial charge in [0.25, 0.3) is 0 Å². The Labute approximate surface area is 122 Å². The summed E-state index contributed by atoms with van der Waals surface area (Å²) < 4.78 is 0. The van der Waals surface area contributed by atoms with E-state index in [1.54, 1.807) is 0 Å². The van der Waals surface area contributed by atoms with Crippen molar-refractivity contribution in [3.63, 3.8) is 0 Å². The molecular formula is C17H26O3. The molecule has 0 heterocycles. The lowest BCUT2D eigenvalue weighted by molar-refractivity contribution is -0.249. The summed E-state index contributed by atoms with van der Waals surface area (Å²) in [6.07, 6.45) is 4.53. The molecule has 0 N–H and O–H groups in total. The van der Waals surface area contributed by atoms with E-state index in [9.17, 15) is 4.79 Å². The van der Waals surface area contributed by atoms with Gasteiger partial charge in [-0.3, -0.25) is 4.89 Å². The van der Waals surface area contributed by atoms with Crippen molar-refractivity contribution in [3.8, 4) is 0 Å². The molecule has 0 radical (unpaired) electrons. The molecule has 0 aliphatic rings. The minimum atomic E-state index is -0.415. The summed E-state index contributed by atoms with van der Waals surface area (Å²) in [5.74, 6) is 0.0455. The lowest BCUT2D eigenvalue weighted by atomic mass is 10.0. The third kappa shape index (κ3) is 5.74. The molecule has 1 rings (SSSR count). The van der Waals surface area contributed by atoms with Crippen LogP contribution < -0.4 is 0 Å². The summed E-state index contributed by atoms with van der Waals surface area (Å²) in [6, 6.07) is 5.65. The van der Waals surface area contributed by atoms with Crippen molar-refractivity contribution in [1.82, 2.24) is 0 Å². The average Bonchev–Trinajstić information content (AvgIpc) is 2.41. The Kier molecular flexibility index (Phi) is 7.31. The Bertz CT molecular complexity index is 406. The number of carbonyl (C=O) groups excluding carboxylic acids is 1. The first-order valence-electron chi connectivity index (χ1n) is 7.48. The van der Waals surface area contributed by atoms with Gasteiger partial charge in [-0.2, -0.15) is 4.89 Å². The van der Waals surface area contributed by atoms with Gasteiger partial charge in [-0.15, -0.1) is 0 Å². The molecular weight excluding hydrogens is 252 g/mol. The monoisotopic (exact) mass is 278 g/mol. The number of unbranched alkanes of at least 4 members (excludes halogenated alkanes) is 1. The van der Waals surface area contributed by atoms with Crippen LogP contribution in [0, 0.1) is 19.8 Å². The van der Waals surface area contributed by atoms with Crippen LogP contribution in [0.5, 0.6) is 0 Å². The van der Waals surface area contributed by atoms with Crippen molar-refractivity contribution < 1.29 is 14.6 Å². The van der Waals surface area contributed by atoms with Crippen LogP contribution in [0.25, 0.3) is 0 Å². The second-order valence-corrected chi connectivity index (χ2v) is 5.45. The lowest BCUT2D eigenvalue weighted by Crippen LogP contribution is -2.13. The van der Waals surface area contributed by atoms with E-state index in [-0.39, 0.29) is 0 Å². The third-order valence-corrected chi connectivity index (χ3v) is 3.44. The molecule has 1 atom stereocenters. The Hall–Kier alpha value is -1.35. The van der Waals surface area contributed by atoms with Crippen LogP contribution in [-0.4, -0.2) is 12.6 Å². The summed E-state index contributed by atoms with van der Waals surface area (Å²) in [5, 5.41) is 0. The summed E-state index contributed by atoms with van der Waals surface area (Å²) >= 11 is 0. The highest BCUT2D eigenvalue weighted by atomic mass is 17.2. The summed E-state index contributed by atoms with van der Waals surface area (Å²) in [5.41, 5.74) is 2.64. The van der Waals surface area contributed by atoms with Crippen LogP contribution in [0.3, 0.4) is 0 Å². The highest BCUT2D eigenvalue weighted by Gasteiger charge is 2.12. The Morgan fingerprint density at radius 2 is 1.80 bits per heavy atom. The Morgan fingerprint density at radius 1 is 1.15 bits per heavy atom. The molecule has 1 aromatic rings. The molecule has 0 aromatic heterocycles. The van der Waals surface area contributed by atoms with Gasteiger partial charge in [0.15, 0.2) is 0 Å². The van der Waals surface area contributed by atoms with Gasteiger partial charge in [0, 0.05) is 0 Å². The molecule has 0 aliphatic carbocycles. The van der Waals surface area contributed by atoms with E-state index in [0.29, 0.717) is 18.1 Å². The van der Waals surface area contributed by atoms with Crippen molar-refractivity contribution in [2.24, 2.45) is 5.92 Å². The Morgan fingerprint density at radius 3 is 2.35 bits per heavy atom. The third-order valence-electron chi connectivity index (χ3n) is 3.44. The SMILES string of the molecule is CCCCC(CC)COOC(=O)c1cc(C)cc(C)c1. The smallest absolute Gasteiger partial charge is 0.293 e. The van der Waals surface area contributed by atoms with Crippen LogP contribution in [0.15, 0.2) is 18.2 Å². The molecule has 0 saturated carbocycles. The van der Waals surface area contributed by atoms with Gasteiger partial charge < -0.3 is 0 Å². The van der Waals surface area contributed by atoms with Gasteiger partial charge in [-0.05, 0) is 38.3 Å². The number of rotatable bonds is 8. The van der Waals surface area contributed by atoms with E-state index >= 15 is 0 Å². The maximum atomic E-state index is 11.9. The van der Waals surface area contributed by atoms with Gasteiger partial charge in [0.2, 0.25) is 0 Å². The molecule has 3 heteroatoms. The summed E-state index contributed by atoms with van der Waals surface area (Å²) in [7, 11) is 0. The minimum absolute atomic E-state index is 0.415. The molecule has 1 aromatic carbocycles. The zero-order valence-corrected chi connectivity index (χ0v) is 13.1. The molecule has 0 bridgehead atoms. The van der Waals surface area contributed by atoms with Gasteiger partial charge in [-0.25, -0.2) is 4.79 Å². The zero-order chi connectivity index (χ0) is 15.0. The van der Waals surface area contributed by atoms with E-state index in [0.717, 1.165) is 24.0 Å². The van der Waals surface area contributed by atoms with Gasteiger partial charge >= 0.3 is 5.97 Å². The van der Waals surface area contributed by atoms with Crippen molar-refractivity contribution in [2.45, 2.75) is 53.4 Å². The summed E-state index contributed by atoms with van der Waals surface area (Å²) in [6.45, 7) is 8.71. The van der Waals surface area contributed by atoms with Crippen LogP contribution in [0.2, 0.25) is 0 Å². The number of carbonyl (C=O) groups is 1. The fourth-order valence-electron chi connectivity index (χ4n) is 2.22. The fraction of sp³-hybridized carbons (Fsp3) is 0.588. The standard InChI is InChI=1S/C17H26O3/c1-5-7-8-15(6-2)12-19-20-17(18)16-10-13(3)9-14(4)11-16/h9-11,15H,5-8,12H2,1-4H3. The number of benzene rings is 1. The van der Waals surface area contributed by atoms with Crippen LogP contribution >= 0.6 is 0 Å². The van der Waals surface area contributed by atoms with Gasteiger partial charge in [-0.1, -0.05) is 50.3 Å². The van der Waals surface area contributed by atoms with Gasteiger partial charge in [0.1, 0.15) is 0 Å².